The van der Waals surface area contributed by atoms with Crippen LogP contribution < -0.4 is 14.4 Å². The van der Waals surface area contributed by atoms with Gasteiger partial charge < -0.3 is 10.1 Å². The first-order chi connectivity index (χ1) is 14.3. The fourth-order valence-electron chi connectivity index (χ4n) is 2.97. The van der Waals surface area contributed by atoms with Gasteiger partial charge in [-0.25, -0.2) is 8.42 Å². The summed E-state index contributed by atoms with van der Waals surface area (Å²) in [4.78, 5) is 12.5. The standard InChI is InChI=1S/C21H25F3N2O4S/c1-14-8-9-15(2)19(12-14)30-11-10-25-20(27)16(3)26(31(4,28)29)18-7-5-6-17(13-18)21(22,23)24/h5-9,12-13,16H,10-11H2,1-4H3,(H,25,27). The number of benzene rings is 2. The maximum Gasteiger partial charge on any atom is 0.416 e. The molecule has 10 heteroatoms. The summed E-state index contributed by atoms with van der Waals surface area (Å²) in [7, 11) is -4.03. The van der Waals surface area contributed by atoms with Gasteiger partial charge in [0.15, 0.2) is 0 Å². The van der Waals surface area contributed by atoms with Gasteiger partial charge in [-0.3, -0.25) is 9.10 Å². The molecule has 0 heterocycles. The number of ether oxygens (including phenoxy) is 1. The Hall–Kier alpha value is -2.75. The quantitative estimate of drug-likeness (QED) is 0.613. The zero-order chi connectivity index (χ0) is 23.4. The average Bonchev–Trinajstić information content (AvgIpc) is 2.66. The lowest BCUT2D eigenvalue weighted by Gasteiger charge is -2.28. The maximum absolute atomic E-state index is 13.0. The van der Waals surface area contributed by atoms with E-state index in [2.05, 4.69) is 5.32 Å². The number of nitrogens with zero attached hydrogens (tertiary/aromatic N) is 1. The Kier molecular flexibility index (Phi) is 7.58. The van der Waals surface area contributed by atoms with Gasteiger partial charge in [-0.2, -0.15) is 13.2 Å². The first kappa shape index (κ1) is 24.5. The number of hydrogen-bond donors (Lipinski definition) is 1. The summed E-state index contributed by atoms with van der Waals surface area (Å²) in [5.41, 5.74) is 0.695. The van der Waals surface area contributed by atoms with Gasteiger partial charge in [-0.15, -0.1) is 0 Å². The number of nitrogens with one attached hydrogen (secondary N) is 1. The zero-order valence-electron chi connectivity index (χ0n) is 17.7. The minimum Gasteiger partial charge on any atom is -0.491 e. The van der Waals surface area contributed by atoms with Crippen LogP contribution in [0.15, 0.2) is 42.5 Å². The fraction of sp³-hybridized carbons (Fsp3) is 0.381. The third kappa shape index (κ3) is 6.61. The summed E-state index contributed by atoms with van der Waals surface area (Å²) in [6.07, 6.45) is -3.81. The maximum atomic E-state index is 13.0. The molecule has 1 atom stereocenters. The Balaban J connectivity index is 2.09. The van der Waals surface area contributed by atoms with Gasteiger partial charge >= 0.3 is 6.18 Å². The van der Waals surface area contributed by atoms with Crippen LogP contribution in [0, 0.1) is 13.8 Å². The van der Waals surface area contributed by atoms with Gasteiger partial charge in [-0.1, -0.05) is 18.2 Å². The number of amides is 1. The normalized spacial score (nSPS) is 12.9. The topological polar surface area (TPSA) is 75.7 Å². The highest BCUT2D eigenvalue weighted by molar-refractivity contribution is 7.92. The number of rotatable bonds is 8. The highest BCUT2D eigenvalue weighted by atomic mass is 32.2. The molecule has 0 bridgehead atoms. The molecule has 2 aromatic carbocycles. The van der Waals surface area contributed by atoms with Crippen LogP contribution in [0.4, 0.5) is 18.9 Å². The number of hydrogen-bond acceptors (Lipinski definition) is 4. The van der Waals surface area contributed by atoms with Gasteiger partial charge in [0.25, 0.3) is 0 Å². The molecular formula is C21H25F3N2O4S. The van der Waals surface area contributed by atoms with Gasteiger partial charge in [0.05, 0.1) is 24.1 Å². The van der Waals surface area contributed by atoms with Crippen LogP contribution >= 0.6 is 0 Å². The molecule has 0 aromatic heterocycles. The van der Waals surface area contributed by atoms with Crippen molar-refractivity contribution in [2.75, 3.05) is 23.7 Å². The van der Waals surface area contributed by atoms with Crippen molar-refractivity contribution >= 4 is 21.6 Å². The Morgan fingerprint density at radius 3 is 2.45 bits per heavy atom. The molecule has 0 aliphatic heterocycles. The van der Waals surface area contributed by atoms with Gasteiger partial charge in [0.1, 0.15) is 18.4 Å². The number of sulfonamides is 1. The lowest BCUT2D eigenvalue weighted by Crippen LogP contribution is -2.48. The van der Waals surface area contributed by atoms with E-state index in [0.29, 0.717) is 16.1 Å². The van der Waals surface area contributed by atoms with E-state index in [9.17, 15) is 26.4 Å². The third-order valence-electron chi connectivity index (χ3n) is 4.52. The summed E-state index contributed by atoms with van der Waals surface area (Å²) in [5.74, 6) is 0.0106. The second kappa shape index (κ2) is 9.59. The average molecular weight is 459 g/mol. The van der Waals surface area contributed by atoms with Crippen LogP contribution in [0.5, 0.6) is 5.75 Å². The van der Waals surface area contributed by atoms with E-state index in [4.69, 9.17) is 4.74 Å². The second-order valence-electron chi connectivity index (χ2n) is 7.19. The molecule has 170 valence electrons. The zero-order valence-corrected chi connectivity index (χ0v) is 18.5. The highest BCUT2D eigenvalue weighted by Gasteiger charge is 2.34. The van der Waals surface area contributed by atoms with Crippen molar-refractivity contribution in [2.45, 2.75) is 33.0 Å². The van der Waals surface area contributed by atoms with Crippen molar-refractivity contribution in [1.29, 1.82) is 0 Å². The molecule has 1 N–H and O–H groups in total. The van der Waals surface area contributed by atoms with Crippen LogP contribution in [0.2, 0.25) is 0 Å². The third-order valence-corrected chi connectivity index (χ3v) is 5.76. The van der Waals surface area contributed by atoms with Crippen LogP contribution in [0.25, 0.3) is 0 Å². The molecule has 0 aliphatic carbocycles. The van der Waals surface area contributed by atoms with Crippen molar-refractivity contribution in [3.63, 3.8) is 0 Å². The van der Waals surface area contributed by atoms with Crippen molar-refractivity contribution in [3.8, 4) is 5.75 Å². The molecule has 0 fully saturated rings. The molecule has 2 aromatic rings. The number of aryl methyl sites for hydroxylation is 2. The Morgan fingerprint density at radius 1 is 1.16 bits per heavy atom. The van der Waals surface area contributed by atoms with Gasteiger partial charge in [0.2, 0.25) is 15.9 Å². The number of carbonyl (C=O) groups is 1. The van der Waals surface area contributed by atoms with Crippen LogP contribution in [-0.2, 0) is 21.0 Å². The fourth-order valence-corrected chi connectivity index (χ4v) is 4.14. The van der Waals surface area contributed by atoms with E-state index in [1.165, 1.54) is 13.0 Å². The van der Waals surface area contributed by atoms with E-state index in [1.807, 2.05) is 32.0 Å². The van der Waals surface area contributed by atoms with Crippen molar-refractivity contribution in [1.82, 2.24) is 5.32 Å². The largest absolute Gasteiger partial charge is 0.491 e. The number of alkyl halides is 3. The van der Waals surface area contributed by atoms with E-state index in [-0.39, 0.29) is 18.8 Å². The van der Waals surface area contributed by atoms with E-state index in [1.54, 1.807) is 0 Å². The first-order valence-corrected chi connectivity index (χ1v) is 11.3. The number of anilines is 1. The Morgan fingerprint density at radius 2 is 1.84 bits per heavy atom. The van der Waals surface area contributed by atoms with Crippen molar-refractivity contribution in [3.05, 3.63) is 59.2 Å². The van der Waals surface area contributed by atoms with Gasteiger partial charge in [0, 0.05) is 0 Å². The Bertz CT molecular complexity index is 1040. The van der Waals surface area contributed by atoms with Crippen LogP contribution in [0.1, 0.15) is 23.6 Å². The second-order valence-corrected chi connectivity index (χ2v) is 9.05. The summed E-state index contributed by atoms with van der Waals surface area (Å²) in [6, 6.07) is 8.29. The summed E-state index contributed by atoms with van der Waals surface area (Å²) < 4.78 is 69.9. The molecule has 6 nitrogen and oxygen atoms in total. The number of halogens is 3. The predicted molar refractivity (Wildman–Crippen MR) is 113 cm³/mol. The van der Waals surface area contributed by atoms with Crippen molar-refractivity contribution in [2.24, 2.45) is 0 Å². The molecule has 31 heavy (non-hydrogen) atoms. The lowest BCUT2D eigenvalue weighted by molar-refractivity contribution is -0.137. The van der Waals surface area contributed by atoms with Gasteiger partial charge in [-0.05, 0) is 56.2 Å². The molecule has 0 saturated heterocycles. The first-order valence-electron chi connectivity index (χ1n) is 9.45. The van der Waals surface area contributed by atoms with E-state index in [0.717, 1.165) is 29.5 Å². The molecule has 2 rings (SSSR count). The smallest absolute Gasteiger partial charge is 0.416 e. The van der Waals surface area contributed by atoms with E-state index < -0.39 is 33.7 Å². The molecule has 0 radical (unpaired) electrons. The lowest BCUT2D eigenvalue weighted by atomic mass is 10.1. The van der Waals surface area contributed by atoms with Crippen molar-refractivity contribution < 1.29 is 31.1 Å². The molecule has 0 aliphatic rings. The molecule has 0 saturated carbocycles. The molecule has 0 spiro atoms. The molecule has 1 unspecified atom stereocenters. The number of carbonyl (C=O) groups excluding carboxylic acids is 1. The SMILES string of the molecule is Cc1ccc(C)c(OCCNC(=O)C(C)N(c2cccc(C(F)(F)F)c2)S(C)(=O)=O)c1. The summed E-state index contributed by atoms with van der Waals surface area (Å²) in [6.45, 7) is 5.35. The highest BCUT2D eigenvalue weighted by Crippen LogP contribution is 2.32. The molecule has 1 amide bonds. The summed E-state index contributed by atoms with van der Waals surface area (Å²) >= 11 is 0. The minimum atomic E-state index is -4.64. The van der Waals surface area contributed by atoms with Crippen LogP contribution in [0.3, 0.4) is 0 Å². The summed E-state index contributed by atoms with van der Waals surface area (Å²) in [5, 5.41) is 2.56. The van der Waals surface area contributed by atoms with Crippen LogP contribution in [-0.4, -0.2) is 39.8 Å². The predicted octanol–water partition coefficient (Wildman–Crippen LogP) is 3.67. The minimum absolute atomic E-state index is 0.0940. The Labute approximate surface area is 180 Å². The van der Waals surface area contributed by atoms with E-state index >= 15 is 0 Å². The monoisotopic (exact) mass is 458 g/mol. The molecular weight excluding hydrogens is 433 g/mol.